The zero-order chi connectivity index (χ0) is 14.9. The van der Waals surface area contributed by atoms with Crippen LogP contribution in [0.5, 0.6) is 0 Å². The molecule has 2 aromatic carbocycles. The Balaban J connectivity index is 2.55. The van der Waals surface area contributed by atoms with Crippen molar-refractivity contribution in [2.24, 2.45) is 0 Å². The van der Waals surface area contributed by atoms with Gasteiger partial charge in [0.1, 0.15) is 0 Å². The SMILES string of the molecule is CNC(c1ccc(C)cc1Cl)c1cc(F)c(F)cc1Cl. The van der Waals surface area contributed by atoms with E-state index in [0.29, 0.717) is 10.6 Å². The van der Waals surface area contributed by atoms with Gasteiger partial charge in [0.2, 0.25) is 0 Å². The van der Waals surface area contributed by atoms with E-state index in [-0.39, 0.29) is 5.02 Å². The van der Waals surface area contributed by atoms with Gasteiger partial charge in [-0.3, -0.25) is 0 Å². The van der Waals surface area contributed by atoms with E-state index in [4.69, 9.17) is 23.2 Å². The van der Waals surface area contributed by atoms with Crippen molar-refractivity contribution >= 4 is 23.2 Å². The average Bonchev–Trinajstić information content (AvgIpc) is 2.38. The summed E-state index contributed by atoms with van der Waals surface area (Å²) in [6.45, 7) is 1.93. The van der Waals surface area contributed by atoms with Gasteiger partial charge in [0.15, 0.2) is 11.6 Å². The van der Waals surface area contributed by atoms with Crippen LogP contribution in [-0.2, 0) is 0 Å². The Bertz CT molecular complexity index is 644. The molecule has 20 heavy (non-hydrogen) atoms. The van der Waals surface area contributed by atoms with E-state index >= 15 is 0 Å². The number of aryl methyl sites for hydroxylation is 1. The topological polar surface area (TPSA) is 12.0 Å². The second-order valence-corrected chi connectivity index (χ2v) is 5.35. The second-order valence-electron chi connectivity index (χ2n) is 4.53. The molecule has 0 bridgehead atoms. The molecule has 1 nitrogen and oxygen atoms in total. The molecule has 1 unspecified atom stereocenters. The number of hydrogen-bond donors (Lipinski definition) is 1. The summed E-state index contributed by atoms with van der Waals surface area (Å²) in [4.78, 5) is 0. The van der Waals surface area contributed by atoms with Crippen LogP contribution in [0, 0.1) is 18.6 Å². The van der Waals surface area contributed by atoms with Crippen LogP contribution in [0.25, 0.3) is 0 Å². The monoisotopic (exact) mass is 315 g/mol. The minimum atomic E-state index is -0.969. The maximum Gasteiger partial charge on any atom is 0.160 e. The third-order valence-corrected chi connectivity index (χ3v) is 3.76. The standard InChI is InChI=1S/C15H13Cl2F2N/c1-8-3-4-9(11(16)5-8)15(20-2)10-6-13(18)14(19)7-12(10)17/h3-7,15,20H,1-2H3. The maximum absolute atomic E-state index is 13.4. The van der Waals surface area contributed by atoms with Gasteiger partial charge in [-0.15, -0.1) is 0 Å². The summed E-state index contributed by atoms with van der Waals surface area (Å²) in [6.07, 6.45) is 0. The van der Waals surface area contributed by atoms with E-state index in [2.05, 4.69) is 5.32 Å². The van der Waals surface area contributed by atoms with Crippen molar-refractivity contribution in [2.45, 2.75) is 13.0 Å². The Hall–Kier alpha value is -1.16. The van der Waals surface area contributed by atoms with Crippen molar-refractivity contribution in [1.82, 2.24) is 5.32 Å². The van der Waals surface area contributed by atoms with E-state index < -0.39 is 17.7 Å². The molecule has 0 aromatic heterocycles. The highest BCUT2D eigenvalue weighted by Gasteiger charge is 2.20. The molecule has 5 heteroatoms. The number of nitrogens with one attached hydrogen (secondary N) is 1. The summed E-state index contributed by atoms with van der Waals surface area (Å²) < 4.78 is 26.6. The van der Waals surface area contributed by atoms with Gasteiger partial charge in [0.05, 0.1) is 6.04 Å². The quantitative estimate of drug-likeness (QED) is 0.795. The molecule has 0 saturated carbocycles. The fourth-order valence-electron chi connectivity index (χ4n) is 2.10. The van der Waals surface area contributed by atoms with Crippen molar-refractivity contribution in [2.75, 3.05) is 7.05 Å². The lowest BCUT2D eigenvalue weighted by Gasteiger charge is -2.20. The Morgan fingerprint density at radius 2 is 1.55 bits per heavy atom. The lowest BCUT2D eigenvalue weighted by atomic mass is 9.97. The van der Waals surface area contributed by atoms with Crippen LogP contribution < -0.4 is 5.32 Å². The van der Waals surface area contributed by atoms with E-state index in [1.807, 2.05) is 25.1 Å². The largest absolute Gasteiger partial charge is 0.309 e. The van der Waals surface area contributed by atoms with Crippen LogP contribution in [0.2, 0.25) is 10.0 Å². The van der Waals surface area contributed by atoms with Crippen molar-refractivity contribution < 1.29 is 8.78 Å². The molecule has 2 aromatic rings. The molecule has 0 aliphatic rings. The first-order chi connectivity index (χ1) is 9.43. The van der Waals surface area contributed by atoms with Crippen LogP contribution in [-0.4, -0.2) is 7.05 Å². The highest BCUT2D eigenvalue weighted by molar-refractivity contribution is 6.32. The molecule has 0 fully saturated rings. The Kier molecular flexibility index (Phi) is 4.63. The van der Waals surface area contributed by atoms with Crippen molar-refractivity contribution in [3.63, 3.8) is 0 Å². The summed E-state index contributed by atoms with van der Waals surface area (Å²) in [7, 11) is 1.71. The van der Waals surface area contributed by atoms with E-state index in [9.17, 15) is 8.78 Å². The first-order valence-corrected chi connectivity index (χ1v) is 6.77. The lowest BCUT2D eigenvalue weighted by Crippen LogP contribution is -2.19. The number of rotatable bonds is 3. The molecular formula is C15H13Cl2F2N. The fraction of sp³-hybridized carbons (Fsp3) is 0.200. The lowest BCUT2D eigenvalue weighted by molar-refractivity contribution is 0.505. The van der Waals surface area contributed by atoms with Gasteiger partial charge in [0, 0.05) is 10.0 Å². The van der Waals surface area contributed by atoms with Gasteiger partial charge in [-0.1, -0.05) is 35.3 Å². The summed E-state index contributed by atoms with van der Waals surface area (Å²) in [6, 6.07) is 7.21. The zero-order valence-electron chi connectivity index (χ0n) is 11.0. The normalized spacial score (nSPS) is 12.5. The molecule has 1 atom stereocenters. The smallest absolute Gasteiger partial charge is 0.160 e. The molecule has 0 saturated heterocycles. The predicted octanol–water partition coefficient (Wildman–Crippen LogP) is 4.89. The Labute approximate surface area is 126 Å². The molecular weight excluding hydrogens is 303 g/mol. The molecule has 0 aliphatic heterocycles. The molecule has 106 valence electrons. The average molecular weight is 316 g/mol. The fourth-order valence-corrected chi connectivity index (χ4v) is 2.71. The van der Waals surface area contributed by atoms with Crippen molar-refractivity contribution in [3.05, 3.63) is 68.7 Å². The number of halogens is 4. The third-order valence-electron chi connectivity index (χ3n) is 3.11. The van der Waals surface area contributed by atoms with Crippen molar-refractivity contribution in [3.8, 4) is 0 Å². The molecule has 2 rings (SSSR count). The minimum absolute atomic E-state index is 0.153. The van der Waals surface area contributed by atoms with Gasteiger partial charge < -0.3 is 5.32 Å². The van der Waals surface area contributed by atoms with Crippen LogP contribution in [0.15, 0.2) is 30.3 Å². The maximum atomic E-state index is 13.4. The molecule has 1 N–H and O–H groups in total. The van der Waals surface area contributed by atoms with Gasteiger partial charge in [-0.25, -0.2) is 8.78 Å². The van der Waals surface area contributed by atoms with Gasteiger partial charge in [-0.2, -0.15) is 0 Å². The summed E-state index contributed by atoms with van der Waals surface area (Å²) >= 11 is 12.2. The zero-order valence-corrected chi connectivity index (χ0v) is 12.5. The highest BCUT2D eigenvalue weighted by Crippen LogP contribution is 2.33. The first kappa shape index (κ1) is 15.2. The van der Waals surface area contributed by atoms with Crippen LogP contribution in [0.4, 0.5) is 8.78 Å². The summed E-state index contributed by atoms with van der Waals surface area (Å²) in [5.41, 5.74) is 2.22. The van der Waals surface area contributed by atoms with Crippen LogP contribution in [0.1, 0.15) is 22.7 Å². The van der Waals surface area contributed by atoms with Crippen molar-refractivity contribution in [1.29, 1.82) is 0 Å². The molecule has 0 radical (unpaired) electrons. The molecule has 0 aliphatic carbocycles. The Morgan fingerprint density at radius 3 is 2.15 bits per heavy atom. The van der Waals surface area contributed by atoms with Crippen LogP contribution in [0.3, 0.4) is 0 Å². The van der Waals surface area contributed by atoms with Crippen LogP contribution >= 0.6 is 23.2 Å². The van der Waals surface area contributed by atoms with E-state index in [1.54, 1.807) is 7.05 Å². The third kappa shape index (κ3) is 2.95. The van der Waals surface area contributed by atoms with Gasteiger partial charge in [-0.05, 0) is 48.9 Å². The summed E-state index contributed by atoms with van der Waals surface area (Å²) in [5, 5.41) is 3.72. The first-order valence-electron chi connectivity index (χ1n) is 6.01. The second kappa shape index (κ2) is 6.08. The molecule has 0 spiro atoms. The number of hydrogen-bond acceptors (Lipinski definition) is 1. The molecule has 0 amide bonds. The number of benzene rings is 2. The van der Waals surface area contributed by atoms with Gasteiger partial charge in [0.25, 0.3) is 0 Å². The van der Waals surface area contributed by atoms with E-state index in [1.165, 1.54) is 0 Å². The summed E-state index contributed by atoms with van der Waals surface area (Å²) in [5.74, 6) is -1.91. The van der Waals surface area contributed by atoms with Gasteiger partial charge >= 0.3 is 0 Å². The minimum Gasteiger partial charge on any atom is -0.309 e. The predicted molar refractivity (Wildman–Crippen MR) is 78.5 cm³/mol. The van der Waals surface area contributed by atoms with E-state index in [0.717, 1.165) is 23.3 Å². The molecule has 0 heterocycles. The Morgan fingerprint density at radius 1 is 0.950 bits per heavy atom. The highest BCUT2D eigenvalue weighted by atomic mass is 35.5.